The molecular weight excluding hydrogens is 412 g/mol. The second-order valence-corrected chi connectivity index (χ2v) is 8.01. The number of aromatic nitrogens is 3. The van der Waals surface area contributed by atoms with Gasteiger partial charge in [-0.15, -0.1) is 0 Å². The van der Waals surface area contributed by atoms with Crippen molar-refractivity contribution in [1.82, 2.24) is 19.9 Å². The second-order valence-electron chi connectivity index (χ2n) is 7.05. The number of nitrogens with zero attached hydrogens (tertiary/aromatic N) is 3. The number of amides is 1. The normalized spacial score (nSPS) is 11.1. The van der Waals surface area contributed by atoms with Crippen LogP contribution in [0.15, 0.2) is 41.7 Å². The standard InChI is InChI=1S/C23H30N4O3S/c1-4-27(5-2)22(28)15-29-13-8-14-30-21-11-12-24-20(17(21)3)16-31-23-25-18-9-6-7-10-19(18)26-23/h6-7,9-12H,4-5,8,13-16H2,1-3H3,(H,25,26). The molecule has 7 nitrogen and oxygen atoms in total. The summed E-state index contributed by atoms with van der Waals surface area (Å²) in [4.78, 5) is 26.1. The van der Waals surface area contributed by atoms with Crippen LogP contribution in [0, 0.1) is 6.92 Å². The van der Waals surface area contributed by atoms with Crippen LogP contribution in [0.25, 0.3) is 11.0 Å². The van der Waals surface area contributed by atoms with Gasteiger partial charge in [-0.2, -0.15) is 0 Å². The minimum absolute atomic E-state index is 0.0301. The lowest BCUT2D eigenvalue weighted by Gasteiger charge is -2.18. The largest absolute Gasteiger partial charge is 0.493 e. The van der Waals surface area contributed by atoms with E-state index in [4.69, 9.17) is 9.47 Å². The quantitative estimate of drug-likeness (QED) is 0.334. The van der Waals surface area contributed by atoms with E-state index in [2.05, 4.69) is 15.0 Å². The lowest BCUT2D eigenvalue weighted by Crippen LogP contribution is -2.33. The zero-order chi connectivity index (χ0) is 22.1. The summed E-state index contributed by atoms with van der Waals surface area (Å²) >= 11 is 1.63. The number of benzene rings is 1. The molecule has 0 atom stereocenters. The van der Waals surface area contributed by atoms with Gasteiger partial charge in [0.1, 0.15) is 12.4 Å². The van der Waals surface area contributed by atoms with Crippen molar-refractivity contribution in [1.29, 1.82) is 0 Å². The Kier molecular flexibility index (Phi) is 8.73. The van der Waals surface area contributed by atoms with Gasteiger partial charge in [0.2, 0.25) is 5.91 Å². The van der Waals surface area contributed by atoms with Crippen LogP contribution in [0.5, 0.6) is 5.75 Å². The van der Waals surface area contributed by atoms with Gasteiger partial charge >= 0.3 is 0 Å². The first-order valence-electron chi connectivity index (χ1n) is 10.6. The zero-order valence-electron chi connectivity index (χ0n) is 18.4. The molecule has 0 aliphatic rings. The van der Waals surface area contributed by atoms with Crippen molar-refractivity contribution in [2.45, 2.75) is 38.1 Å². The monoisotopic (exact) mass is 442 g/mol. The van der Waals surface area contributed by atoms with Gasteiger partial charge in [0, 0.05) is 37.0 Å². The SMILES string of the molecule is CCN(CC)C(=O)COCCCOc1ccnc(CSc2nc3ccccc3[nH]2)c1C. The molecule has 0 fully saturated rings. The summed E-state index contributed by atoms with van der Waals surface area (Å²) in [5, 5.41) is 0.880. The number of imidazole rings is 1. The van der Waals surface area contributed by atoms with Gasteiger partial charge in [0.15, 0.2) is 5.16 Å². The van der Waals surface area contributed by atoms with Gasteiger partial charge < -0.3 is 19.4 Å². The molecule has 166 valence electrons. The number of carbonyl (C=O) groups is 1. The van der Waals surface area contributed by atoms with E-state index in [-0.39, 0.29) is 12.5 Å². The van der Waals surface area contributed by atoms with Crippen molar-refractivity contribution in [3.63, 3.8) is 0 Å². The van der Waals surface area contributed by atoms with Crippen molar-refractivity contribution < 1.29 is 14.3 Å². The van der Waals surface area contributed by atoms with Crippen molar-refractivity contribution in [2.24, 2.45) is 0 Å². The third-order valence-corrected chi connectivity index (χ3v) is 5.89. The third-order valence-electron chi connectivity index (χ3n) is 5.00. The molecule has 1 amide bonds. The maximum atomic E-state index is 11.9. The highest BCUT2D eigenvalue weighted by Gasteiger charge is 2.11. The van der Waals surface area contributed by atoms with E-state index >= 15 is 0 Å². The molecule has 0 saturated carbocycles. The first-order chi connectivity index (χ1) is 15.1. The number of aromatic amines is 1. The van der Waals surface area contributed by atoms with Crippen LogP contribution in [0.3, 0.4) is 0 Å². The summed E-state index contributed by atoms with van der Waals surface area (Å²) < 4.78 is 11.4. The van der Waals surface area contributed by atoms with Crippen LogP contribution in [0.2, 0.25) is 0 Å². The first kappa shape index (κ1) is 23.1. The highest BCUT2D eigenvalue weighted by Crippen LogP contribution is 2.27. The Labute approximate surface area is 187 Å². The van der Waals surface area contributed by atoms with E-state index in [0.29, 0.717) is 32.1 Å². The summed E-state index contributed by atoms with van der Waals surface area (Å²) in [7, 11) is 0. The highest BCUT2D eigenvalue weighted by molar-refractivity contribution is 7.98. The number of rotatable bonds is 12. The van der Waals surface area contributed by atoms with Crippen LogP contribution >= 0.6 is 11.8 Å². The van der Waals surface area contributed by atoms with Crippen molar-refractivity contribution in [3.8, 4) is 5.75 Å². The number of thioether (sulfide) groups is 1. The summed E-state index contributed by atoms with van der Waals surface area (Å²) in [6, 6.07) is 9.88. The second kappa shape index (κ2) is 11.7. The Morgan fingerprint density at radius 2 is 1.97 bits per heavy atom. The summed E-state index contributed by atoms with van der Waals surface area (Å²) in [6.07, 6.45) is 2.49. The average molecular weight is 443 g/mol. The summed E-state index contributed by atoms with van der Waals surface area (Å²) in [5.74, 6) is 1.57. The smallest absolute Gasteiger partial charge is 0.248 e. The van der Waals surface area contributed by atoms with Crippen LogP contribution in [-0.2, 0) is 15.3 Å². The number of H-pyrrole nitrogens is 1. The van der Waals surface area contributed by atoms with Gasteiger partial charge in [-0.3, -0.25) is 9.78 Å². The van der Waals surface area contributed by atoms with Crippen LogP contribution in [-0.4, -0.2) is 58.7 Å². The Morgan fingerprint density at radius 1 is 1.16 bits per heavy atom. The molecule has 0 bridgehead atoms. The van der Waals surface area contributed by atoms with E-state index in [1.807, 2.05) is 51.1 Å². The van der Waals surface area contributed by atoms with Crippen molar-refractivity contribution in [3.05, 3.63) is 47.8 Å². The fourth-order valence-electron chi connectivity index (χ4n) is 3.17. The number of ether oxygens (including phenoxy) is 2. The molecule has 2 aromatic heterocycles. The number of carbonyl (C=O) groups excluding carboxylic acids is 1. The highest BCUT2D eigenvalue weighted by atomic mass is 32.2. The molecule has 0 unspecified atom stereocenters. The van der Waals surface area contributed by atoms with E-state index in [1.165, 1.54) is 0 Å². The fourth-order valence-corrected chi connectivity index (χ4v) is 4.08. The first-order valence-corrected chi connectivity index (χ1v) is 11.6. The number of fused-ring (bicyclic) bond motifs is 1. The molecule has 3 aromatic rings. The molecular formula is C23H30N4O3S. The third kappa shape index (κ3) is 6.45. The number of nitrogens with one attached hydrogen (secondary N) is 1. The molecule has 1 aromatic carbocycles. The topological polar surface area (TPSA) is 80.3 Å². The predicted octanol–water partition coefficient (Wildman–Crippen LogP) is 4.21. The maximum Gasteiger partial charge on any atom is 0.248 e. The molecule has 2 heterocycles. The maximum absolute atomic E-state index is 11.9. The molecule has 0 saturated heterocycles. The number of hydrogen-bond acceptors (Lipinski definition) is 6. The number of hydrogen-bond donors (Lipinski definition) is 1. The Hall–Kier alpha value is -2.58. The van der Waals surface area contributed by atoms with Gasteiger partial charge in [-0.1, -0.05) is 23.9 Å². The van der Waals surface area contributed by atoms with Gasteiger partial charge in [-0.25, -0.2) is 4.98 Å². The Morgan fingerprint density at radius 3 is 2.74 bits per heavy atom. The van der Waals surface area contributed by atoms with Gasteiger partial charge in [0.25, 0.3) is 0 Å². The molecule has 1 N–H and O–H groups in total. The molecule has 31 heavy (non-hydrogen) atoms. The Bertz CT molecular complexity index is 955. The van der Waals surface area contributed by atoms with E-state index < -0.39 is 0 Å². The van der Waals surface area contributed by atoms with Crippen LogP contribution in [0.1, 0.15) is 31.5 Å². The van der Waals surface area contributed by atoms with Crippen molar-refractivity contribution >= 4 is 28.7 Å². The minimum atomic E-state index is 0.0301. The van der Waals surface area contributed by atoms with Crippen molar-refractivity contribution in [2.75, 3.05) is 32.9 Å². The molecule has 3 rings (SSSR count). The summed E-state index contributed by atoms with van der Waals surface area (Å²) in [5.41, 5.74) is 4.01. The van der Waals surface area contributed by atoms with Crippen LogP contribution in [0.4, 0.5) is 0 Å². The lowest BCUT2D eigenvalue weighted by molar-refractivity contribution is -0.135. The van der Waals surface area contributed by atoms with Gasteiger partial charge in [0.05, 0.1) is 29.9 Å². The van der Waals surface area contributed by atoms with Gasteiger partial charge in [-0.05, 0) is 39.0 Å². The van der Waals surface area contributed by atoms with E-state index in [9.17, 15) is 4.79 Å². The summed E-state index contributed by atoms with van der Waals surface area (Å²) in [6.45, 7) is 8.52. The molecule has 0 aliphatic carbocycles. The van der Waals surface area contributed by atoms with E-state index in [0.717, 1.165) is 39.6 Å². The molecule has 0 aliphatic heterocycles. The molecule has 0 radical (unpaired) electrons. The van der Waals surface area contributed by atoms with Crippen LogP contribution < -0.4 is 4.74 Å². The minimum Gasteiger partial charge on any atom is -0.493 e. The Balaban J connectivity index is 1.43. The fraction of sp³-hybridized carbons (Fsp3) is 0.435. The van der Waals surface area contributed by atoms with E-state index in [1.54, 1.807) is 22.9 Å². The average Bonchev–Trinajstić information content (AvgIpc) is 3.20. The number of likely N-dealkylation sites (N-methyl/N-ethyl adjacent to an activating group) is 1. The molecule has 0 spiro atoms. The molecule has 8 heteroatoms. The lowest BCUT2D eigenvalue weighted by atomic mass is 10.2. The number of para-hydroxylation sites is 2. The number of pyridine rings is 1. The zero-order valence-corrected chi connectivity index (χ0v) is 19.2. The predicted molar refractivity (Wildman–Crippen MR) is 123 cm³/mol.